The quantitative estimate of drug-likeness (QED) is 0.356. The summed E-state index contributed by atoms with van der Waals surface area (Å²) in [5.41, 5.74) is 8.05. The molecule has 0 saturated carbocycles. The highest BCUT2D eigenvalue weighted by molar-refractivity contribution is 14.1. The van der Waals surface area contributed by atoms with Crippen LogP contribution in [0.3, 0.4) is 0 Å². The topological polar surface area (TPSA) is 12.5 Å². The maximum absolute atomic E-state index is 6.82. The fraction of sp³-hybridized carbons (Fsp3) is 0.273. The third-order valence-corrected chi connectivity index (χ3v) is 8.58. The van der Waals surface area contributed by atoms with E-state index >= 15 is 0 Å². The van der Waals surface area contributed by atoms with Gasteiger partial charge in [-0.05, 0) is 72.1 Å². The smallest absolute Gasteiger partial charge is 0.472 e. The van der Waals surface area contributed by atoms with E-state index in [1.165, 1.54) is 47.9 Å². The van der Waals surface area contributed by atoms with Crippen molar-refractivity contribution in [2.45, 2.75) is 20.5 Å². The highest BCUT2D eigenvalue weighted by atomic mass is 127. The zero-order chi connectivity index (χ0) is 19.1. The van der Waals surface area contributed by atoms with Crippen molar-refractivity contribution in [3.05, 3.63) is 62.7 Å². The highest BCUT2D eigenvalue weighted by Gasteiger charge is 2.58. The van der Waals surface area contributed by atoms with Gasteiger partial charge in [0.25, 0.3) is 0 Å². The van der Waals surface area contributed by atoms with Gasteiger partial charge in [0, 0.05) is 30.0 Å². The molecular formula is C22H24BIN2O. The Kier molecular flexibility index (Phi) is 3.56. The van der Waals surface area contributed by atoms with Gasteiger partial charge in [-0.15, -0.1) is 0 Å². The van der Waals surface area contributed by atoms with Gasteiger partial charge in [-0.3, -0.25) is 0 Å². The van der Waals surface area contributed by atoms with E-state index in [0.717, 1.165) is 0 Å². The second-order valence-electron chi connectivity index (χ2n) is 8.52. The third-order valence-electron chi connectivity index (χ3n) is 6.92. The molecule has 3 nitrogen and oxygen atoms in total. The predicted molar refractivity (Wildman–Crippen MR) is 125 cm³/mol. The molecule has 1 spiro atoms. The molecule has 2 aliphatic rings. The summed E-state index contributed by atoms with van der Waals surface area (Å²) in [4.78, 5) is 2.43. The summed E-state index contributed by atoms with van der Waals surface area (Å²) >= 11 is 2.49. The molecule has 0 aliphatic carbocycles. The van der Waals surface area contributed by atoms with E-state index < -0.39 is 6.62 Å². The third kappa shape index (κ3) is 1.95. The van der Waals surface area contributed by atoms with Crippen LogP contribution in [-0.4, -0.2) is 27.8 Å². The average molecular weight is 470 g/mol. The largest absolute Gasteiger partial charge is 0.512 e. The van der Waals surface area contributed by atoms with Crippen LogP contribution in [0.15, 0.2) is 42.5 Å². The number of benzene rings is 3. The number of hydrogen-bond donors (Lipinski definition) is 0. The van der Waals surface area contributed by atoms with E-state index in [0.29, 0.717) is 11.0 Å². The Morgan fingerprint density at radius 2 is 1.81 bits per heavy atom. The van der Waals surface area contributed by atoms with Gasteiger partial charge >= 0.3 is 6.62 Å². The Morgan fingerprint density at radius 3 is 2.56 bits per heavy atom. The van der Waals surface area contributed by atoms with Gasteiger partial charge in [-0.2, -0.15) is 0 Å². The average Bonchev–Trinajstić information content (AvgIpc) is 3.04. The van der Waals surface area contributed by atoms with Gasteiger partial charge in [0.05, 0.1) is 5.39 Å². The van der Waals surface area contributed by atoms with E-state index in [1.54, 1.807) is 0 Å². The first-order valence-electron chi connectivity index (χ1n) is 9.48. The van der Waals surface area contributed by atoms with Crippen LogP contribution in [0.25, 0.3) is 10.8 Å². The van der Waals surface area contributed by atoms with Crippen LogP contribution in [0.5, 0.6) is 0 Å². The number of fused-ring (bicyclic) bond motifs is 2. The summed E-state index contributed by atoms with van der Waals surface area (Å²) in [7, 11) is 6.83. The summed E-state index contributed by atoms with van der Waals surface area (Å²) in [6.45, 7) is 3.70. The van der Waals surface area contributed by atoms with Crippen molar-refractivity contribution in [3.8, 4) is 0 Å². The molecule has 3 aromatic carbocycles. The number of anilines is 1. The second-order valence-corrected chi connectivity index (χ2v) is 9.60. The molecule has 0 radical (unpaired) electrons. The minimum absolute atomic E-state index is 0.679. The first kappa shape index (κ1) is 17.5. The van der Waals surface area contributed by atoms with Crippen molar-refractivity contribution < 1.29 is 4.65 Å². The molecular weight excluding hydrogens is 446 g/mol. The molecule has 0 saturated heterocycles. The number of quaternary nitrogens is 1. The van der Waals surface area contributed by atoms with Gasteiger partial charge in [0.2, 0.25) is 0 Å². The molecule has 5 heteroatoms. The summed E-state index contributed by atoms with van der Waals surface area (Å²) in [5, 5.41) is 2.64. The monoisotopic (exact) mass is 470 g/mol. The summed E-state index contributed by atoms with van der Waals surface area (Å²) in [5.74, 6) is 0. The van der Waals surface area contributed by atoms with Crippen molar-refractivity contribution in [2.24, 2.45) is 0 Å². The van der Waals surface area contributed by atoms with Gasteiger partial charge in [0.15, 0.2) is 0 Å². The minimum atomic E-state index is -1.45. The molecule has 0 aromatic heterocycles. The number of hydrogen-bond acceptors (Lipinski definition) is 2. The standard InChI is InChI=1S/C22H24BIN2O/c1-14-12-17-13-27-23(21(17)15(2)22(14)24)25(3)18-10-6-8-16-9-7-11-19(20(16)18)26(23,4)5/h6-12H,13H2,1-5H3. The second kappa shape index (κ2) is 5.49. The molecule has 0 bridgehead atoms. The van der Waals surface area contributed by atoms with Crippen LogP contribution >= 0.6 is 22.6 Å². The van der Waals surface area contributed by atoms with Crippen LogP contribution in [0.1, 0.15) is 16.7 Å². The first-order chi connectivity index (χ1) is 12.8. The number of nitrogens with zero attached hydrogens (tertiary/aromatic N) is 2. The number of halogens is 1. The molecule has 5 rings (SSSR count). The molecule has 1 unspecified atom stereocenters. The van der Waals surface area contributed by atoms with E-state index in [9.17, 15) is 0 Å². The van der Waals surface area contributed by atoms with Gasteiger partial charge in [-0.1, -0.05) is 41.4 Å². The summed E-state index contributed by atoms with van der Waals surface area (Å²) in [6, 6.07) is 15.6. The molecule has 27 heavy (non-hydrogen) atoms. The molecule has 3 aromatic rings. The van der Waals surface area contributed by atoms with Crippen molar-refractivity contribution in [3.63, 3.8) is 0 Å². The van der Waals surface area contributed by atoms with Gasteiger partial charge in [0.1, 0.15) is 5.69 Å². The van der Waals surface area contributed by atoms with Crippen molar-refractivity contribution in [2.75, 3.05) is 26.0 Å². The van der Waals surface area contributed by atoms with Crippen LogP contribution < -0.4 is 14.7 Å². The molecule has 2 aliphatic heterocycles. The van der Waals surface area contributed by atoms with E-state index in [2.05, 4.69) is 105 Å². The van der Waals surface area contributed by atoms with Gasteiger partial charge in [-0.25, -0.2) is 0 Å². The zero-order valence-corrected chi connectivity index (χ0v) is 18.7. The molecule has 1 atom stereocenters. The zero-order valence-electron chi connectivity index (χ0n) is 16.5. The van der Waals surface area contributed by atoms with Crippen molar-refractivity contribution in [1.29, 1.82) is 0 Å². The molecule has 0 amide bonds. The molecule has 0 fully saturated rings. The lowest BCUT2D eigenvalue weighted by atomic mass is 9.50. The number of rotatable bonds is 0. The lowest BCUT2D eigenvalue weighted by Crippen LogP contribution is -2.81. The maximum Gasteiger partial charge on any atom is 0.472 e. The van der Waals surface area contributed by atoms with E-state index in [4.69, 9.17) is 4.65 Å². The van der Waals surface area contributed by atoms with Crippen LogP contribution in [0.2, 0.25) is 0 Å². The fourth-order valence-electron chi connectivity index (χ4n) is 5.69. The Labute approximate surface area is 174 Å². The summed E-state index contributed by atoms with van der Waals surface area (Å²) in [6.07, 6.45) is 0. The molecule has 2 heterocycles. The van der Waals surface area contributed by atoms with Crippen LogP contribution in [0.4, 0.5) is 11.4 Å². The Hall–Kier alpha value is -1.57. The van der Waals surface area contributed by atoms with Crippen molar-refractivity contribution in [1.82, 2.24) is 4.39 Å². The predicted octanol–water partition coefficient (Wildman–Crippen LogP) is 4.45. The van der Waals surface area contributed by atoms with Crippen molar-refractivity contribution >= 4 is 56.8 Å². The van der Waals surface area contributed by atoms with Gasteiger partial charge < -0.3 is 13.9 Å². The Balaban J connectivity index is 1.91. The van der Waals surface area contributed by atoms with E-state index in [-0.39, 0.29) is 0 Å². The number of aryl methyl sites for hydroxylation is 1. The SMILES string of the molecule is Cc1cc2c(c(C)c1I)[B-]1(OC2)N(C)c2cccc3cccc(c23)[N+]1(C)C. The molecule has 0 N–H and O–H groups in total. The Morgan fingerprint density at radius 1 is 1.11 bits per heavy atom. The normalized spacial score (nSPS) is 22.5. The summed E-state index contributed by atoms with van der Waals surface area (Å²) < 4.78 is 8.87. The fourth-order valence-corrected chi connectivity index (χ4v) is 6.14. The minimum Gasteiger partial charge on any atom is -0.512 e. The molecule has 138 valence electrons. The maximum atomic E-state index is 6.82. The van der Waals surface area contributed by atoms with Crippen LogP contribution in [0, 0.1) is 17.4 Å². The van der Waals surface area contributed by atoms with E-state index in [1.807, 2.05) is 0 Å². The highest BCUT2D eigenvalue weighted by Crippen LogP contribution is 2.48. The Bertz CT molecular complexity index is 1120. The first-order valence-corrected chi connectivity index (χ1v) is 10.6. The van der Waals surface area contributed by atoms with Crippen LogP contribution in [-0.2, 0) is 11.3 Å². The lowest BCUT2D eigenvalue weighted by Gasteiger charge is -2.60. The lowest BCUT2D eigenvalue weighted by molar-refractivity contribution is 0.272.